The Hall–Kier alpha value is -2.13. The van der Waals surface area contributed by atoms with E-state index in [-0.39, 0.29) is 34.8 Å². The highest BCUT2D eigenvalue weighted by atomic mass is 32.2. The van der Waals surface area contributed by atoms with E-state index in [0.717, 1.165) is 32.1 Å². The van der Waals surface area contributed by atoms with E-state index in [9.17, 15) is 18.0 Å². The van der Waals surface area contributed by atoms with Gasteiger partial charge in [-0.2, -0.15) is 4.31 Å². The van der Waals surface area contributed by atoms with Crippen molar-refractivity contribution in [2.45, 2.75) is 50.0 Å². The third kappa shape index (κ3) is 4.30. The zero-order valence-corrected chi connectivity index (χ0v) is 16.9. The van der Waals surface area contributed by atoms with Crippen LogP contribution in [0.5, 0.6) is 5.75 Å². The number of hydrogen-bond acceptors (Lipinski definition) is 5. The second-order valence-electron chi connectivity index (χ2n) is 7.35. The second kappa shape index (κ2) is 8.48. The van der Waals surface area contributed by atoms with Crippen molar-refractivity contribution in [3.05, 3.63) is 23.8 Å². The molecule has 0 saturated carbocycles. The first-order valence-electron chi connectivity index (χ1n) is 9.67. The smallest absolute Gasteiger partial charge is 0.260 e. The van der Waals surface area contributed by atoms with Gasteiger partial charge in [-0.3, -0.25) is 9.59 Å². The quantitative estimate of drug-likeness (QED) is 0.763. The van der Waals surface area contributed by atoms with Gasteiger partial charge in [-0.15, -0.1) is 0 Å². The lowest BCUT2D eigenvalue weighted by Crippen LogP contribution is -2.44. The molecular weight excluding hydrogens is 382 g/mol. The summed E-state index contributed by atoms with van der Waals surface area (Å²) in [5.41, 5.74) is 5.39. The Morgan fingerprint density at radius 2 is 1.82 bits per heavy atom. The molecule has 2 N–H and O–H groups in total. The molecule has 28 heavy (non-hydrogen) atoms. The van der Waals surface area contributed by atoms with Gasteiger partial charge in [0.2, 0.25) is 10.0 Å². The van der Waals surface area contributed by atoms with Gasteiger partial charge in [-0.05, 0) is 57.2 Å². The molecule has 0 spiro atoms. The number of sulfonamides is 1. The highest BCUT2D eigenvalue weighted by molar-refractivity contribution is 7.89. The number of carbonyl (C=O) groups excluding carboxylic acids is 2. The molecule has 0 aromatic heterocycles. The van der Waals surface area contributed by atoms with Crippen LogP contribution < -0.4 is 10.5 Å². The zero-order valence-electron chi connectivity index (χ0n) is 16.1. The van der Waals surface area contributed by atoms with Gasteiger partial charge in [0, 0.05) is 25.7 Å². The van der Waals surface area contributed by atoms with E-state index in [1.807, 2.05) is 6.92 Å². The normalized spacial score (nSPS) is 20.9. The number of nitrogens with zero attached hydrogens (tertiary/aromatic N) is 2. The Bertz CT molecular complexity index is 849. The van der Waals surface area contributed by atoms with E-state index in [1.165, 1.54) is 22.5 Å². The number of carbonyl (C=O) groups is 2. The van der Waals surface area contributed by atoms with E-state index < -0.39 is 15.9 Å². The summed E-state index contributed by atoms with van der Waals surface area (Å²) in [5, 5.41) is 0. The predicted octanol–water partition coefficient (Wildman–Crippen LogP) is 1.35. The average Bonchev–Trinajstić information content (AvgIpc) is 3.22. The maximum absolute atomic E-state index is 12.7. The molecule has 2 fully saturated rings. The molecular formula is C19H27N3O5S. The summed E-state index contributed by atoms with van der Waals surface area (Å²) < 4.78 is 32.4. The van der Waals surface area contributed by atoms with E-state index in [2.05, 4.69) is 0 Å². The highest BCUT2D eigenvalue weighted by Crippen LogP contribution is 2.27. The first kappa shape index (κ1) is 20.6. The number of amides is 2. The van der Waals surface area contributed by atoms with Gasteiger partial charge in [-0.1, -0.05) is 0 Å². The summed E-state index contributed by atoms with van der Waals surface area (Å²) in [5.74, 6) is -0.838. The SMILES string of the molecule is C[C@H]1CCCCN1C(=O)COc1ccc(S(=O)(=O)N2CCCC2)cc1C(N)=O. The first-order chi connectivity index (χ1) is 13.3. The Morgan fingerprint density at radius 3 is 2.46 bits per heavy atom. The van der Waals surface area contributed by atoms with Crippen molar-refractivity contribution in [3.63, 3.8) is 0 Å². The minimum atomic E-state index is -3.67. The first-order valence-corrected chi connectivity index (χ1v) is 11.1. The Balaban J connectivity index is 1.76. The van der Waals surface area contributed by atoms with Crippen LogP contribution in [-0.4, -0.2) is 61.7 Å². The maximum Gasteiger partial charge on any atom is 0.260 e. The summed E-state index contributed by atoms with van der Waals surface area (Å²) in [7, 11) is -3.67. The lowest BCUT2D eigenvalue weighted by molar-refractivity contribution is -0.136. The molecule has 9 heteroatoms. The third-order valence-corrected chi connectivity index (χ3v) is 7.29. The molecule has 2 aliphatic heterocycles. The predicted molar refractivity (Wildman–Crippen MR) is 103 cm³/mol. The van der Waals surface area contributed by atoms with Crippen molar-refractivity contribution in [3.8, 4) is 5.75 Å². The second-order valence-corrected chi connectivity index (χ2v) is 9.29. The number of hydrogen-bond donors (Lipinski definition) is 1. The van der Waals surface area contributed by atoms with Gasteiger partial charge in [0.15, 0.2) is 6.61 Å². The topological polar surface area (TPSA) is 110 Å². The molecule has 1 aromatic rings. The van der Waals surface area contributed by atoms with Crippen molar-refractivity contribution in [2.24, 2.45) is 5.73 Å². The number of primary amides is 1. The summed E-state index contributed by atoms with van der Waals surface area (Å²) in [6.07, 6.45) is 4.66. The van der Waals surface area contributed by atoms with Crippen LogP contribution >= 0.6 is 0 Å². The lowest BCUT2D eigenvalue weighted by atomic mass is 10.0. The van der Waals surface area contributed by atoms with Gasteiger partial charge in [0.05, 0.1) is 10.5 Å². The van der Waals surface area contributed by atoms with Crippen LogP contribution in [-0.2, 0) is 14.8 Å². The highest BCUT2D eigenvalue weighted by Gasteiger charge is 2.29. The Morgan fingerprint density at radius 1 is 1.14 bits per heavy atom. The van der Waals surface area contributed by atoms with Crippen LogP contribution in [0.4, 0.5) is 0 Å². The van der Waals surface area contributed by atoms with Crippen LogP contribution in [0, 0.1) is 0 Å². The van der Waals surface area contributed by atoms with E-state index in [4.69, 9.17) is 10.5 Å². The molecule has 2 amide bonds. The van der Waals surface area contributed by atoms with Crippen LogP contribution in [0.1, 0.15) is 49.4 Å². The number of likely N-dealkylation sites (tertiary alicyclic amines) is 1. The van der Waals surface area contributed by atoms with Gasteiger partial charge >= 0.3 is 0 Å². The molecule has 2 aliphatic rings. The lowest BCUT2D eigenvalue weighted by Gasteiger charge is -2.33. The van der Waals surface area contributed by atoms with Gasteiger partial charge in [0.25, 0.3) is 11.8 Å². The van der Waals surface area contributed by atoms with Gasteiger partial charge in [-0.25, -0.2) is 8.42 Å². The molecule has 0 unspecified atom stereocenters. The molecule has 2 saturated heterocycles. The molecule has 0 bridgehead atoms. The molecule has 3 rings (SSSR count). The minimum Gasteiger partial charge on any atom is -0.483 e. The molecule has 1 aromatic carbocycles. The van der Waals surface area contributed by atoms with Crippen LogP contribution in [0.25, 0.3) is 0 Å². The van der Waals surface area contributed by atoms with E-state index >= 15 is 0 Å². The number of nitrogens with two attached hydrogens (primary N) is 1. The third-order valence-electron chi connectivity index (χ3n) is 5.39. The van der Waals surface area contributed by atoms with Crippen molar-refractivity contribution < 1.29 is 22.7 Å². The van der Waals surface area contributed by atoms with Crippen molar-refractivity contribution in [2.75, 3.05) is 26.2 Å². The maximum atomic E-state index is 12.7. The van der Waals surface area contributed by atoms with Crippen molar-refractivity contribution in [1.82, 2.24) is 9.21 Å². The summed E-state index contributed by atoms with van der Waals surface area (Å²) in [6, 6.07) is 4.19. The molecule has 2 heterocycles. The molecule has 0 aliphatic carbocycles. The number of piperidine rings is 1. The van der Waals surface area contributed by atoms with Crippen molar-refractivity contribution in [1.29, 1.82) is 0 Å². The Kier molecular flexibility index (Phi) is 6.24. The fraction of sp³-hybridized carbons (Fsp3) is 0.579. The van der Waals surface area contributed by atoms with E-state index in [0.29, 0.717) is 19.6 Å². The molecule has 154 valence electrons. The van der Waals surface area contributed by atoms with Crippen LogP contribution in [0.15, 0.2) is 23.1 Å². The fourth-order valence-electron chi connectivity index (χ4n) is 3.76. The van der Waals surface area contributed by atoms with Crippen molar-refractivity contribution >= 4 is 21.8 Å². The van der Waals surface area contributed by atoms with Gasteiger partial charge in [0.1, 0.15) is 5.75 Å². The van der Waals surface area contributed by atoms with Gasteiger partial charge < -0.3 is 15.4 Å². The minimum absolute atomic E-state index is 0.00605. The number of ether oxygens (including phenoxy) is 1. The van der Waals surface area contributed by atoms with E-state index in [1.54, 1.807) is 4.90 Å². The standard InChI is InChI=1S/C19H27N3O5S/c1-14-6-2-3-11-22(14)18(23)13-27-17-8-7-15(12-16(17)19(20)24)28(25,26)21-9-4-5-10-21/h7-8,12,14H,2-6,9-11,13H2,1H3,(H2,20,24)/t14-/m0/s1. The summed E-state index contributed by atoms with van der Waals surface area (Å²) in [6.45, 7) is 3.41. The zero-order chi connectivity index (χ0) is 20.3. The molecule has 1 atom stereocenters. The summed E-state index contributed by atoms with van der Waals surface area (Å²) in [4.78, 5) is 26.1. The van der Waals surface area contributed by atoms with Crippen LogP contribution in [0.3, 0.4) is 0 Å². The molecule has 0 radical (unpaired) electrons. The average molecular weight is 410 g/mol. The van der Waals surface area contributed by atoms with Crippen LogP contribution in [0.2, 0.25) is 0 Å². The molecule has 8 nitrogen and oxygen atoms in total. The largest absolute Gasteiger partial charge is 0.483 e. The summed E-state index contributed by atoms with van der Waals surface area (Å²) >= 11 is 0. The Labute approximate surface area is 165 Å². The monoisotopic (exact) mass is 409 g/mol. The number of rotatable bonds is 6. The number of benzene rings is 1. The fourth-order valence-corrected chi connectivity index (χ4v) is 5.30.